The Balaban J connectivity index is 1.82. The van der Waals surface area contributed by atoms with Gasteiger partial charge in [-0.1, -0.05) is 42.5 Å². The summed E-state index contributed by atoms with van der Waals surface area (Å²) in [5.74, 6) is 4.64. The smallest absolute Gasteiger partial charge is 0.251 e. The first-order valence-electron chi connectivity index (χ1n) is 10.1. The van der Waals surface area contributed by atoms with Crippen LogP contribution >= 0.6 is 11.3 Å². The second-order valence-corrected chi connectivity index (χ2v) is 10.5. The first kappa shape index (κ1) is 23.3. The fourth-order valence-electron chi connectivity index (χ4n) is 3.76. The minimum absolute atomic E-state index is 0.114. The second kappa shape index (κ2) is 9.18. The Morgan fingerprint density at radius 2 is 1.68 bits per heavy atom. The topological polar surface area (TPSA) is 155 Å². The fraction of sp³-hybridized carbons (Fsp3) is 0.0417. The van der Waals surface area contributed by atoms with Crippen molar-refractivity contribution in [2.75, 3.05) is 0 Å². The van der Waals surface area contributed by atoms with Crippen molar-refractivity contribution < 1.29 is 13.2 Å². The van der Waals surface area contributed by atoms with Gasteiger partial charge in [-0.05, 0) is 47.4 Å². The van der Waals surface area contributed by atoms with E-state index in [4.69, 9.17) is 16.7 Å². The Hall–Kier alpha value is -3.86. The van der Waals surface area contributed by atoms with E-state index in [1.807, 2.05) is 31.2 Å². The molecule has 0 atom stereocenters. The van der Waals surface area contributed by atoms with E-state index in [1.54, 1.807) is 42.6 Å². The summed E-state index contributed by atoms with van der Waals surface area (Å²) < 4.78 is 24.1. The summed E-state index contributed by atoms with van der Waals surface area (Å²) in [7, 11) is -3.85. The lowest BCUT2D eigenvalue weighted by molar-refractivity contribution is 0.100. The van der Waals surface area contributed by atoms with Gasteiger partial charge in [0.05, 0.1) is 17.5 Å². The van der Waals surface area contributed by atoms with Gasteiger partial charge >= 0.3 is 0 Å². The normalized spacial score (nSPS) is 11.7. The minimum Gasteiger partial charge on any atom is -0.366 e. The molecule has 34 heavy (non-hydrogen) atoms. The molecule has 10 heteroatoms. The molecule has 172 valence electrons. The van der Waals surface area contributed by atoms with Crippen LogP contribution in [0.2, 0.25) is 0 Å². The molecule has 1 amide bonds. The lowest BCUT2D eigenvalue weighted by atomic mass is 9.94. The van der Waals surface area contributed by atoms with Gasteiger partial charge in [0.25, 0.3) is 5.91 Å². The van der Waals surface area contributed by atoms with E-state index >= 15 is 0 Å². The van der Waals surface area contributed by atoms with Gasteiger partial charge in [0.1, 0.15) is 4.21 Å². The highest BCUT2D eigenvalue weighted by atomic mass is 32.2. The summed E-state index contributed by atoms with van der Waals surface area (Å²) >= 11 is 1.13. The second-order valence-electron chi connectivity index (χ2n) is 7.53. The van der Waals surface area contributed by atoms with Crippen molar-refractivity contribution in [3.63, 3.8) is 0 Å². The fourth-order valence-corrected chi connectivity index (χ4v) is 5.86. The Labute approximate surface area is 200 Å². The Morgan fingerprint density at radius 3 is 2.29 bits per heavy atom. The first-order chi connectivity index (χ1) is 16.2. The van der Waals surface area contributed by atoms with E-state index < -0.39 is 15.9 Å². The third-order valence-corrected chi connectivity index (χ3v) is 7.70. The van der Waals surface area contributed by atoms with Crippen molar-refractivity contribution in [1.29, 1.82) is 0 Å². The Morgan fingerprint density at radius 1 is 1.00 bits per heavy atom. The third kappa shape index (κ3) is 4.60. The van der Waals surface area contributed by atoms with Gasteiger partial charge in [-0.25, -0.2) is 13.6 Å². The highest BCUT2D eigenvalue weighted by molar-refractivity contribution is 7.91. The van der Waals surface area contributed by atoms with Crippen molar-refractivity contribution in [3.8, 4) is 33.5 Å². The van der Waals surface area contributed by atoms with Crippen molar-refractivity contribution in [2.45, 2.75) is 11.1 Å². The lowest BCUT2D eigenvalue weighted by Gasteiger charge is -2.13. The van der Waals surface area contributed by atoms with Crippen LogP contribution in [0.4, 0.5) is 0 Å². The largest absolute Gasteiger partial charge is 0.366 e. The van der Waals surface area contributed by atoms with Gasteiger partial charge in [0, 0.05) is 22.2 Å². The molecule has 2 aromatic heterocycles. The summed E-state index contributed by atoms with van der Waals surface area (Å²) in [6.07, 6.45) is 3.11. The number of primary sulfonamides is 1. The van der Waals surface area contributed by atoms with Gasteiger partial charge in [-0.3, -0.25) is 9.78 Å². The molecule has 0 saturated carbocycles. The van der Waals surface area contributed by atoms with Crippen LogP contribution < -0.4 is 16.7 Å². The quantitative estimate of drug-likeness (QED) is 0.214. The highest BCUT2D eigenvalue weighted by Crippen LogP contribution is 2.36. The first-order valence-corrected chi connectivity index (χ1v) is 12.4. The van der Waals surface area contributed by atoms with E-state index in [0.717, 1.165) is 27.3 Å². The molecule has 0 saturated heterocycles. The monoisotopic (exact) mass is 491 g/mol. The molecule has 0 aliphatic rings. The number of nitrogens with two attached hydrogens (primary N) is 3. The average Bonchev–Trinajstić information content (AvgIpc) is 3.21. The van der Waals surface area contributed by atoms with Crippen LogP contribution in [0.1, 0.15) is 20.8 Å². The number of aromatic nitrogens is 1. The number of carbonyl (C=O) groups excluding carboxylic acids is 1. The molecule has 2 heterocycles. The summed E-state index contributed by atoms with van der Waals surface area (Å²) in [4.78, 5) is 17.7. The van der Waals surface area contributed by atoms with E-state index in [-0.39, 0.29) is 9.77 Å². The summed E-state index contributed by atoms with van der Waals surface area (Å²) in [6.45, 7) is 1.82. The van der Waals surface area contributed by atoms with Gasteiger partial charge in [-0.15, -0.1) is 11.3 Å². The molecule has 0 bridgehead atoms. The van der Waals surface area contributed by atoms with E-state index in [9.17, 15) is 13.2 Å². The van der Waals surface area contributed by atoms with Crippen LogP contribution in [0, 0.1) is 6.92 Å². The number of hydrazone groups is 1. The average molecular weight is 492 g/mol. The van der Waals surface area contributed by atoms with Crippen molar-refractivity contribution in [1.82, 2.24) is 4.98 Å². The van der Waals surface area contributed by atoms with Crippen molar-refractivity contribution in [2.24, 2.45) is 21.8 Å². The van der Waals surface area contributed by atoms with Gasteiger partial charge in [0.2, 0.25) is 10.0 Å². The molecule has 8 nitrogen and oxygen atoms in total. The van der Waals surface area contributed by atoms with Gasteiger partial charge in [0.15, 0.2) is 0 Å². The lowest BCUT2D eigenvalue weighted by Crippen LogP contribution is -2.15. The molecule has 6 N–H and O–H groups in total. The SMILES string of the molecule is Cc1cc(-c2ccc(-c3ccnc(-c4cccc(C=NN)c4)c3C(N)=O)cc2)c(S(N)(=O)=O)s1. The molecular weight excluding hydrogens is 470 g/mol. The number of carbonyl (C=O) groups is 1. The molecule has 4 aromatic rings. The number of nitrogens with zero attached hydrogens (tertiary/aromatic N) is 2. The zero-order valence-electron chi connectivity index (χ0n) is 18.1. The standard InChI is InChI=1S/C24H21N5O3S2/c1-14-11-20(24(33-14)34(27,31)32)17-7-5-16(6-8-17)19-9-10-28-22(21(19)23(25)30)18-4-2-3-15(12-18)13-29-26/h2-13H,26H2,1H3,(H2,25,30)(H2,27,31,32). The highest BCUT2D eigenvalue weighted by Gasteiger charge is 2.20. The maximum Gasteiger partial charge on any atom is 0.251 e. The number of amides is 1. The van der Waals surface area contributed by atoms with Crippen molar-refractivity contribution >= 4 is 33.5 Å². The van der Waals surface area contributed by atoms with Crippen LogP contribution in [0.25, 0.3) is 33.5 Å². The van der Waals surface area contributed by atoms with E-state index in [1.165, 1.54) is 6.21 Å². The number of aryl methyl sites for hydroxylation is 1. The minimum atomic E-state index is -3.85. The Kier molecular flexibility index (Phi) is 6.29. The summed E-state index contributed by atoms with van der Waals surface area (Å²) in [6, 6.07) is 18.0. The molecular formula is C24H21N5O3S2. The van der Waals surface area contributed by atoms with Crippen LogP contribution in [-0.4, -0.2) is 25.5 Å². The predicted molar refractivity (Wildman–Crippen MR) is 135 cm³/mol. The zero-order valence-corrected chi connectivity index (χ0v) is 19.7. The number of hydrogen-bond acceptors (Lipinski definition) is 7. The van der Waals surface area contributed by atoms with Crippen LogP contribution in [0.5, 0.6) is 0 Å². The molecule has 2 aromatic carbocycles. The number of rotatable bonds is 6. The summed E-state index contributed by atoms with van der Waals surface area (Å²) in [5, 5.41) is 8.93. The van der Waals surface area contributed by atoms with Crippen LogP contribution in [-0.2, 0) is 10.0 Å². The number of pyridine rings is 1. The molecule has 0 spiro atoms. The van der Waals surface area contributed by atoms with Gasteiger partial charge in [-0.2, -0.15) is 5.10 Å². The van der Waals surface area contributed by atoms with Crippen molar-refractivity contribution in [3.05, 3.63) is 82.9 Å². The van der Waals surface area contributed by atoms with E-state index in [2.05, 4.69) is 10.1 Å². The maximum absolute atomic E-state index is 12.5. The molecule has 0 aliphatic carbocycles. The molecule has 0 unspecified atom stereocenters. The molecule has 0 radical (unpaired) electrons. The molecule has 0 fully saturated rings. The third-order valence-electron chi connectivity index (χ3n) is 5.17. The molecule has 0 aliphatic heterocycles. The van der Waals surface area contributed by atoms with Crippen LogP contribution in [0.15, 0.2) is 76.2 Å². The zero-order chi connectivity index (χ0) is 24.5. The Bertz CT molecular complexity index is 1520. The number of thiophene rings is 1. The van der Waals surface area contributed by atoms with E-state index in [0.29, 0.717) is 27.9 Å². The summed E-state index contributed by atoms with van der Waals surface area (Å²) in [5.41, 5.74) is 10.5. The molecule has 4 rings (SSSR count). The number of benzene rings is 2. The number of primary amides is 1. The van der Waals surface area contributed by atoms with Gasteiger partial charge < -0.3 is 11.6 Å². The number of sulfonamides is 1. The maximum atomic E-state index is 12.5. The predicted octanol–water partition coefficient (Wildman–Crippen LogP) is 3.49. The number of hydrogen-bond donors (Lipinski definition) is 3. The van der Waals surface area contributed by atoms with Crippen LogP contribution in [0.3, 0.4) is 0 Å².